The SMILES string of the molecule is O=C(CCSSCCC(=O)OCCO)OCCO. The third-order valence-corrected chi connectivity index (χ3v) is 3.98. The largest absolute Gasteiger partial charge is 0.463 e. The van der Waals surface area contributed by atoms with E-state index in [9.17, 15) is 9.59 Å². The molecule has 0 aliphatic rings. The molecule has 2 N–H and O–H groups in total. The molecule has 0 aromatic heterocycles. The molecule has 18 heavy (non-hydrogen) atoms. The minimum absolute atomic E-state index is 0.0351. The maximum atomic E-state index is 11.0. The van der Waals surface area contributed by atoms with Gasteiger partial charge in [0.2, 0.25) is 0 Å². The number of esters is 2. The number of rotatable bonds is 11. The molecule has 0 aromatic rings. The monoisotopic (exact) mass is 298 g/mol. The van der Waals surface area contributed by atoms with Crippen molar-refractivity contribution in [2.45, 2.75) is 12.8 Å². The molecule has 8 heteroatoms. The lowest BCUT2D eigenvalue weighted by Crippen LogP contribution is -2.09. The summed E-state index contributed by atoms with van der Waals surface area (Å²) in [7, 11) is 2.95. The minimum Gasteiger partial charge on any atom is -0.463 e. The van der Waals surface area contributed by atoms with E-state index in [1.165, 1.54) is 21.6 Å². The smallest absolute Gasteiger partial charge is 0.306 e. The van der Waals surface area contributed by atoms with Crippen molar-refractivity contribution in [1.82, 2.24) is 0 Å². The summed E-state index contributed by atoms with van der Waals surface area (Å²) < 4.78 is 9.34. The van der Waals surface area contributed by atoms with Crippen LogP contribution in [0.4, 0.5) is 0 Å². The fraction of sp³-hybridized carbons (Fsp3) is 0.800. The predicted octanol–water partition coefficient (Wildman–Crippen LogP) is 0.219. The molecule has 0 rings (SSSR count). The van der Waals surface area contributed by atoms with Gasteiger partial charge < -0.3 is 19.7 Å². The maximum Gasteiger partial charge on any atom is 0.306 e. The Morgan fingerprint density at radius 1 is 0.833 bits per heavy atom. The van der Waals surface area contributed by atoms with E-state index in [0.717, 1.165) is 0 Å². The van der Waals surface area contributed by atoms with Crippen LogP contribution in [0, 0.1) is 0 Å². The summed E-state index contributed by atoms with van der Waals surface area (Å²) in [4.78, 5) is 22.0. The van der Waals surface area contributed by atoms with E-state index in [2.05, 4.69) is 9.47 Å². The first kappa shape index (κ1) is 17.6. The average molecular weight is 298 g/mol. The topological polar surface area (TPSA) is 93.1 Å². The Labute approximate surface area is 114 Å². The lowest BCUT2D eigenvalue weighted by atomic mass is 10.5. The highest BCUT2D eigenvalue weighted by atomic mass is 33.1. The lowest BCUT2D eigenvalue weighted by Gasteiger charge is -2.03. The summed E-state index contributed by atoms with van der Waals surface area (Å²) in [5.74, 6) is 0.528. The summed E-state index contributed by atoms with van der Waals surface area (Å²) in [6, 6.07) is 0. The first-order valence-electron chi connectivity index (χ1n) is 5.48. The van der Waals surface area contributed by atoms with Crippen LogP contribution in [-0.4, -0.2) is 60.1 Å². The van der Waals surface area contributed by atoms with Gasteiger partial charge in [-0.25, -0.2) is 0 Å². The second-order valence-corrected chi connectivity index (χ2v) is 5.73. The summed E-state index contributed by atoms with van der Waals surface area (Å²) in [6.07, 6.45) is 0.569. The van der Waals surface area contributed by atoms with Gasteiger partial charge in [-0.3, -0.25) is 9.59 Å². The fourth-order valence-electron chi connectivity index (χ4n) is 0.831. The molecule has 0 aromatic carbocycles. The van der Waals surface area contributed by atoms with E-state index in [1.807, 2.05) is 0 Å². The summed E-state index contributed by atoms with van der Waals surface area (Å²) in [6.45, 7) is -0.256. The van der Waals surface area contributed by atoms with Gasteiger partial charge in [-0.2, -0.15) is 0 Å². The highest BCUT2D eigenvalue weighted by Gasteiger charge is 2.04. The Kier molecular flexibility index (Phi) is 12.7. The number of carbonyl (C=O) groups excluding carboxylic acids is 2. The second kappa shape index (κ2) is 13.0. The molecule has 0 aliphatic carbocycles. The normalized spacial score (nSPS) is 10.1. The highest BCUT2D eigenvalue weighted by Crippen LogP contribution is 2.22. The van der Waals surface area contributed by atoms with E-state index >= 15 is 0 Å². The van der Waals surface area contributed by atoms with Crippen molar-refractivity contribution in [2.24, 2.45) is 0 Å². The summed E-state index contributed by atoms with van der Waals surface area (Å²) in [5, 5.41) is 16.8. The zero-order valence-electron chi connectivity index (χ0n) is 10.0. The van der Waals surface area contributed by atoms with Crippen LogP contribution in [0.1, 0.15) is 12.8 Å². The Morgan fingerprint density at radius 3 is 1.56 bits per heavy atom. The van der Waals surface area contributed by atoms with Gasteiger partial charge in [0.05, 0.1) is 26.1 Å². The van der Waals surface area contributed by atoms with Gasteiger partial charge in [0.25, 0.3) is 0 Å². The summed E-state index contributed by atoms with van der Waals surface area (Å²) >= 11 is 0. The number of hydrogen-bond acceptors (Lipinski definition) is 8. The molecule has 6 nitrogen and oxygen atoms in total. The van der Waals surface area contributed by atoms with Gasteiger partial charge in [0.1, 0.15) is 13.2 Å². The van der Waals surface area contributed by atoms with Gasteiger partial charge in [-0.05, 0) is 0 Å². The third-order valence-electron chi connectivity index (χ3n) is 1.57. The van der Waals surface area contributed by atoms with Crippen LogP contribution in [-0.2, 0) is 19.1 Å². The molecule has 0 radical (unpaired) electrons. The molecule has 106 valence electrons. The molecule has 0 saturated heterocycles. The number of hydrogen-bond donors (Lipinski definition) is 2. The lowest BCUT2D eigenvalue weighted by molar-refractivity contribution is -0.144. The number of ether oxygens (including phenoxy) is 2. The number of aliphatic hydroxyl groups is 2. The van der Waals surface area contributed by atoms with E-state index in [0.29, 0.717) is 11.5 Å². The van der Waals surface area contributed by atoms with Crippen molar-refractivity contribution < 1.29 is 29.3 Å². The number of carbonyl (C=O) groups is 2. The first-order valence-corrected chi connectivity index (χ1v) is 7.97. The van der Waals surface area contributed by atoms with Crippen LogP contribution in [0.25, 0.3) is 0 Å². The Morgan fingerprint density at radius 2 is 1.22 bits per heavy atom. The molecule has 0 unspecified atom stereocenters. The molecule has 0 fully saturated rings. The molecule has 0 saturated carbocycles. The van der Waals surface area contributed by atoms with Crippen LogP contribution in [0.5, 0.6) is 0 Å². The zero-order valence-corrected chi connectivity index (χ0v) is 11.6. The quantitative estimate of drug-likeness (QED) is 0.318. The first-order chi connectivity index (χ1) is 8.70. The standard InChI is InChI=1S/C10H18O6S2/c11-3-5-15-9(13)1-7-17-18-8-2-10(14)16-6-4-12/h11-12H,1-8H2. The molecule has 0 heterocycles. The minimum atomic E-state index is -0.334. The van der Waals surface area contributed by atoms with Crippen molar-refractivity contribution in [3.8, 4) is 0 Å². The van der Waals surface area contributed by atoms with Crippen molar-refractivity contribution in [2.75, 3.05) is 37.9 Å². The summed E-state index contributed by atoms with van der Waals surface area (Å²) in [5.41, 5.74) is 0. The zero-order chi connectivity index (χ0) is 13.6. The van der Waals surface area contributed by atoms with Crippen molar-refractivity contribution in [3.05, 3.63) is 0 Å². The van der Waals surface area contributed by atoms with Crippen LogP contribution in [0.2, 0.25) is 0 Å². The molecular weight excluding hydrogens is 280 g/mol. The van der Waals surface area contributed by atoms with Crippen LogP contribution in [0.3, 0.4) is 0 Å². The molecule has 0 amide bonds. The average Bonchev–Trinajstić information content (AvgIpc) is 2.37. The molecule has 0 bridgehead atoms. The highest BCUT2D eigenvalue weighted by molar-refractivity contribution is 8.76. The van der Waals surface area contributed by atoms with Crippen molar-refractivity contribution >= 4 is 33.5 Å². The Balaban J connectivity index is 3.25. The van der Waals surface area contributed by atoms with E-state index < -0.39 is 0 Å². The number of aliphatic hydroxyl groups excluding tert-OH is 2. The van der Waals surface area contributed by atoms with Gasteiger partial charge >= 0.3 is 11.9 Å². The Hall–Kier alpha value is -0.440. The van der Waals surface area contributed by atoms with Crippen LogP contribution >= 0.6 is 21.6 Å². The second-order valence-electron chi connectivity index (χ2n) is 3.03. The fourth-order valence-corrected chi connectivity index (χ4v) is 2.77. The van der Waals surface area contributed by atoms with E-state index in [-0.39, 0.29) is 51.2 Å². The van der Waals surface area contributed by atoms with Crippen molar-refractivity contribution in [1.29, 1.82) is 0 Å². The van der Waals surface area contributed by atoms with Crippen molar-refractivity contribution in [3.63, 3.8) is 0 Å². The Bertz CT molecular complexity index is 212. The van der Waals surface area contributed by atoms with Gasteiger partial charge in [-0.15, -0.1) is 0 Å². The predicted molar refractivity (Wildman–Crippen MR) is 70.2 cm³/mol. The molecule has 0 aliphatic heterocycles. The van der Waals surface area contributed by atoms with Gasteiger partial charge in [0, 0.05) is 11.5 Å². The molecule has 0 atom stereocenters. The van der Waals surface area contributed by atoms with E-state index in [1.54, 1.807) is 0 Å². The van der Waals surface area contributed by atoms with Gasteiger partial charge in [-0.1, -0.05) is 21.6 Å². The van der Waals surface area contributed by atoms with Crippen LogP contribution in [0.15, 0.2) is 0 Å². The molecule has 0 spiro atoms. The van der Waals surface area contributed by atoms with E-state index in [4.69, 9.17) is 10.2 Å². The van der Waals surface area contributed by atoms with Gasteiger partial charge in [0.15, 0.2) is 0 Å². The third kappa shape index (κ3) is 12.0. The maximum absolute atomic E-state index is 11.0. The molecular formula is C10H18O6S2. The van der Waals surface area contributed by atoms with Crippen LogP contribution < -0.4 is 0 Å².